The summed E-state index contributed by atoms with van der Waals surface area (Å²) >= 11 is 0. The number of carbonyl (C=O) groups excluding carboxylic acids is 2. The zero-order valence-electron chi connectivity index (χ0n) is 16.8. The fourth-order valence-electron chi connectivity index (χ4n) is 4.32. The van der Waals surface area contributed by atoms with Crippen molar-refractivity contribution in [2.45, 2.75) is 58.9 Å². The second kappa shape index (κ2) is 7.78. The van der Waals surface area contributed by atoms with E-state index in [9.17, 15) is 9.59 Å². The highest BCUT2D eigenvalue weighted by Gasteiger charge is 2.31. The summed E-state index contributed by atoms with van der Waals surface area (Å²) < 4.78 is 1.98. The number of fused-ring (bicyclic) bond motifs is 1. The minimum Gasteiger partial charge on any atom is -0.336 e. The molecule has 0 unspecified atom stereocenters. The Labute approximate surface area is 165 Å². The number of amides is 2. The molecule has 2 aliphatic heterocycles. The van der Waals surface area contributed by atoms with Crippen LogP contribution in [0.15, 0.2) is 18.2 Å². The Morgan fingerprint density at radius 1 is 1.11 bits per heavy atom. The maximum absolute atomic E-state index is 13.2. The van der Waals surface area contributed by atoms with Gasteiger partial charge in [0.1, 0.15) is 0 Å². The van der Waals surface area contributed by atoms with Crippen LogP contribution in [0.3, 0.4) is 0 Å². The Hall–Kier alpha value is -2.63. The number of imidazole rings is 1. The first kappa shape index (κ1) is 18.7. The van der Waals surface area contributed by atoms with Gasteiger partial charge >= 0.3 is 0 Å². The maximum Gasteiger partial charge on any atom is 0.289 e. The molecule has 1 saturated heterocycles. The minimum absolute atomic E-state index is 0.0372. The third-order valence-electron chi connectivity index (χ3n) is 5.90. The summed E-state index contributed by atoms with van der Waals surface area (Å²) in [6.45, 7) is 6.40. The fourth-order valence-corrected chi connectivity index (χ4v) is 4.32. The predicted octanol–water partition coefficient (Wildman–Crippen LogP) is 3.58. The molecule has 0 aliphatic carbocycles. The molecule has 6 heteroatoms. The van der Waals surface area contributed by atoms with E-state index in [1.54, 1.807) is 0 Å². The number of aryl methyl sites for hydroxylation is 2. The van der Waals surface area contributed by atoms with Gasteiger partial charge in [-0.1, -0.05) is 25.1 Å². The van der Waals surface area contributed by atoms with E-state index >= 15 is 0 Å². The first-order valence-electron chi connectivity index (χ1n) is 10.4. The Morgan fingerprint density at radius 3 is 2.61 bits per heavy atom. The molecule has 3 heterocycles. The molecule has 1 fully saturated rings. The van der Waals surface area contributed by atoms with Gasteiger partial charge in [0, 0.05) is 25.3 Å². The number of rotatable bonds is 4. The molecular weight excluding hydrogens is 352 g/mol. The molecule has 6 nitrogen and oxygen atoms in total. The van der Waals surface area contributed by atoms with Gasteiger partial charge < -0.3 is 14.8 Å². The number of hydrogen-bond donors (Lipinski definition) is 1. The number of nitrogens with zero attached hydrogens (tertiary/aromatic N) is 3. The van der Waals surface area contributed by atoms with Gasteiger partial charge in [0.15, 0.2) is 11.5 Å². The van der Waals surface area contributed by atoms with E-state index in [0.29, 0.717) is 11.5 Å². The average Bonchev–Trinajstić information content (AvgIpc) is 3.37. The van der Waals surface area contributed by atoms with Gasteiger partial charge in [-0.25, -0.2) is 4.98 Å². The molecule has 0 atom stereocenters. The normalized spacial score (nSPS) is 16.1. The molecule has 4 rings (SSSR count). The van der Waals surface area contributed by atoms with Crippen LogP contribution in [0, 0.1) is 6.92 Å². The highest BCUT2D eigenvalue weighted by molar-refractivity contribution is 6.05. The molecule has 148 valence electrons. The lowest BCUT2D eigenvalue weighted by Crippen LogP contribution is -2.31. The first-order chi connectivity index (χ1) is 13.6. The summed E-state index contributed by atoms with van der Waals surface area (Å²) in [4.78, 5) is 32.6. The molecule has 0 spiro atoms. The van der Waals surface area contributed by atoms with E-state index in [0.717, 1.165) is 80.7 Å². The Kier molecular flexibility index (Phi) is 5.20. The summed E-state index contributed by atoms with van der Waals surface area (Å²) in [7, 11) is 0. The summed E-state index contributed by atoms with van der Waals surface area (Å²) in [6, 6.07) is 6.04. The van der Waals surface area contributed by atoms with E-state index in [1.165, 1.54) is 0 Å². The zero-order valence-corrected chi connectivity index (χ0v) is 16.8. The van der Waals surface area contributed by atoms with Gasteiger partial charge in [0.25, 0.3) is 11.8 Å². The molecule has 1 N–H and O–H groups in total. The fraction of sp³-hybridized carbons (Fsp3) is 0.500. The molecule has 0 saturated carbocycles. The highest BCUT2D eigenvalue weighted by Crippen LogP contribution is 2.26. The number of para-hydroxylation sites is 1. The minimum atomic E-state index is -0.213. The largest absolute Gasteiger partial charge is 0.336 e. The van der Waals surface area contributed by atoms with Gasteiger partial charge in [-0.3, -0.25) is 9.59 Å². The van der Waals surface area contributed by atoms with Crippen LogP contribution in [-0.2, 0) is 19.4 Å². The van der Waals surface area contributed by atoms with Gasteiger partial charge in [-0.2, -0.15) is 0 Å². The Balaban J connectivity index is 1.68. The summed E-state index contributed by atoms with van der Waals surface area (Å²) in [6.07, 6.45) is 5.75. The van der Waals surface area contributed by atoms with Crippen LogP contribution in [0.5, 0.6) is 0 Å². The summed E-state index contributed by atoms with van der Waals surface area (Å²) in [5, 5.41) is 3.08. The standard InChI is InChI=1S/C22H28N4O2/c1-3-16-10-8-9-15(2)18(16)24-21(27)19-17-11-4-5-14-26(17)20(23-19)22(28)25-12-6-7-13-25/h8-10H,3-7,11-14H2,1-2H3,(H,24,27). The van der Waals surface area contributed by atoms with E-state index in [4.69, 9.17) is 0 Å². The Morgan fingerprint density at radius 2 is 1.86 bits per heavy atom. The van der Waals surface area contributed by atoms with Crippen molar-refractivity contribution in [2.24, 2.45) is 0 Å². The number of anilines is 1. The number of carbonyl (C=O) groups is 2. The summed E-state index contributed by atoms with van der Waals surface area (Å²) in [5.74, 6) is 0.183. The number of benzene rings is 1. The molecule has 1 aromatic carbocycles. The third-order valence-corrected chi connectivity index (χ3v) is 5.90. The van der Waals surface area contributed by atoms with Gasteiger partial charge in [0.2, 0.25) is 0 Å². The van der Waals surface area contributed by atoms with Crippen LogP contribution in [-0.4, -0.2) is 39.4 Å². The first-order valence-corrected chi connectivity index (χ1v) is 10.4. The van der Waals surface area contributed by atoms with Crippen LogP contribution < -0.4 is 5.32 Å². The highest BCUT2D eigenvalue weighted by atomic mass is 16.2. The maximum atomic E-state index is 13.2. The van der Waals surface area contributed by atoms with Gasteiger partial charge in [-0.05, 0) is 56.6 Å². The molecular formula is C22H28N4O2. The van der Waals surface area contributed by atoms with Crippen LogP contribution in [0.25, 0.3) is 0 Å². The molecule has 2 aromatic rings. The van der Waals surface area contributed by atoms with Crippen molar-refractivity contribution in [2.75, 3.05) is 18.4 Å². The lowest BCUT2D eigenvalue weighted by molar-refractivity contribution is 0.0774. The topological polar surface area (TPSA) is 67.2 Å². The van der Waals surface area contributed by atoms with E-state index in [-0.39, 0.29) is 11.8 Å². The number of nitrogens with one attached hydrogen (secondary N) is 1. The summed E-state index contributed by atoms with van der Waals surface area (Å²) in [5.41, 5.74) is 4.31. The second-order valence-electron chi connectivity index (χ2n) is 7.76. The van der Waals surface area contributed by atoms with E-state index in [2.05, 4.69) is 17.2 Å². The molecule has 2 aliphatic rings. The van der Waals surface area contributed by atoms with Crippen molar-refractivity contribution in [3.8, 4) is 0 Å². The van der Waals surface area contributed by atoms with Gasteiger partial charge in [0.05, 0.1) is 5.69 Å². The van der Waals surface area contributed by atoms with E-state index in [1.807, 2.05) is 34.6 Å². The van der Waals surface area contributed by atoms with E-state index < -0.39 is 0 Å². The smallest absolute Gasteiger partial charge is 0.289 e. The second-order valence-corrected chi connectivity index (χ2v) is 7.76. The third kappa shape index (κ3) is 3.32. The molecule has 2 amide bonds. The van der Waals surface area contributed by atoms with Gasteiger partial charge in [-0.15, -0.1) is 0 Å². The molecule has 28 heavy (non-hydrogen) atoms. The SMILES string of the molecule is CCc1cccc(C)c1NC(=O)c1nc(C(=O)N2CCCC2)n2c1CCCC2. The quantitative estimate of drug-likeness (QED) is 0.882. The van der Waals surface area contributed by atoms with Crippen molar-refractivity contribution < 1.29 is 9.59 Å². The Bertz CT molecular complexity index is 910. The average molecular weight is 380 g/mol. The monoisotopic (exact) mass is 380 g/mol. The number of hydrogen-bond acceptors (Lipinski definition) is 3. The van der Waals surface area contributed by atoms with Crippen molar-refractivity contribution in [3.63, 3.8) is 0 Å². The number of likely N-dealkylation sites (tertiary alicyclic amines) is 1. The van der Waals surface area contributed by atoms with Crippen LogP contribution in [0.2, 0.25) is 0 Å². The van der Waals surface area contributed by atoms with Crippen molar-refractivity contribution >= 4 is 17.5 Å². The van der Waals surface area contributed by atoms with Crippen molar-refractivity contribution in [1.82, 2.24) is 14.5 Å². The lowest BCUT2D eigenvalue weighted by Gasteiger charge is -2.19. The van der Waals surface area contributed by atoms with Crippen LogP contribution >= 0.6 is 0 Å². The zero-order chi connectivity index (χ0) is 19.7. The lowest BCUT2D eigenvalue weighted by atomic mass is 10.0. The molecule has 0 bridgehead atoms. The molecule has 1 aromatic heterocycles. The number of aromatic nitrogens is 2. The van der Waals surface area contributed by atoms with Crippen LogP contribution in [0.1, 0.15) is 70.5 Å². The molecule has 0 radical (unpaired) electrons. The predicted molar refractivity (Wildman–Crippen MR) is 109 cm³/mol. The van der Waals surface area contributed by atoms with Crippen molar-refractivity contribution in [3.05, 3.63) is 46.5 Å². The van der Waals surface area contributed by atoms with Crippen molar-refractivity contribution in [1.29, 1.82) is 0 Å². The van der Waals surface area contributed by atoms with Crippen LogP contribution in [0.4, 0.5) is 5.69 Å².